The lowest BCUT2D eigenvalue weighted by molar-refractivity contribution is -0.202. The standard InChI is InChI=1S/C25H27NO7S/c1-2-10-26-11-9-24-21-17-3-4-18(27)22(21)32-23(24)19(5-8-25(24,28)20(26)14-17)33-34(29,30)13-7-16-6-12-31-15-16/h2-4,6-7,12-13,15,19-20,23,27-28H,1,5,8-11,14H2/t19?,20-,23?,24+,25-/m1/s1. The van der Waals surface area contributed by atoms with Crippen LogP contribution in [0.1, 0.15) is 36.0 Å². The molecule has 1 spiro atoms. The van der Waals surface area contributed by atoms with Gasteiger partial charge in [0.2, 0.25) is 0 Å². The van der Waals surface area contributed by atoms with E-state index in [4.69, 9.17) is 13.3 Å². The van der Waals surface area contributed by atoms with Crippen molar-refractivity contribution in [3.05, 3.63) is 65.5 Å². The summed E-state index contributed by atoms with van der Waals surface area (Å²) in [6, 6.07) is 4.99. The van der Waals surface area contributed by atoms with Crippen molar-refractivity contribution in [3.63, 3.8) is 0 Å². The van der Waals surface area contributed by atoms with Crippen molar-refractivity contribution in [1.82, 2.24) is 4.90 Å². The van der Waals surface area contributed by atoms with E-state index in [0.29, 0.717) is 50.1 Å². The molecule has 1 saturated heterocycles. The number of furan rings is 1. The van der Waals surface area contributed by atoms with E-state index in [-0.39, 0.29) is 11.8 Å². The number of hydrogen-bond donors (Lipinski definition) is 2. The normalized spacial score (nSPS) is 34.1. The molecule has 2 aliphatic carbocycles. The molecule has 5 atom stereocenters. The number of ether oxygens (including phenoxy) is 1. The van der Waals surface area contributed by atoms with Gasteiger partial charge in [-0.3, -0.25) is 9.08 Å². The average Bonchev–Trinajstić information content (AvgIpc) is 3.43. The lowest BCUT2D eigenvalue weighted by Gasteiger charge is -2.63. The molecule has 6 rings (SSSR count). The Labute approximate surface area is 198 Å². The number of piperidine rings is 1. The van der Waals surface area contributed by atoms with Crippen LogP contribution in [0, 0.1) is 0 Å². The summed E-state index contributed by atoms with van der Waals surface area (Å²) in [5.74, 6) is 0.344. The van der Waals surface area contributed by atoms with Crippen molar-refractivity contribution >= 4 is 16.2 Å². The highest BCUT2D eigenvalue weighted by Gasteiger charge is 2.73. The number of nitrogens with zero attached hydrogens (tertiary/aromatic N) is 1. The van der Waals surface area contributed by atoms with E-state index in [1.807, 2.05) is 12.1 Å². The summed E-state index contributed by atoms with van der Waals surface area (Å²) in [6.07, 6.45) is 6.48. The van der Waals surface area contributed by atoms with Gasteiger partial charge in [-0.05, 0) is 56.0 Å². The van der Waals surface area contributed by atoms with E-state index in [1.165, 1.54) is 18.6 Å². The minimum absolute atomic E-state index is 0.00157. The molecule has 2 unspecified atom stereocenters. The zero-order valence-corrected chi connectivity index (χ0v) is 19.4. The van der Waals surface area contributed by atoms with E-state index >= 15 is 0 Å². The van der Waals surface area contributed by atoms with Crippen LogP contribution in [0.2, 0.25) is 0 Å². The average molecular weight is 486 g/mol. The van der Waals surface area contributed by atoms with Gasteiger partial charge in [0.05, 0.1) is 29.0 Å². The molecule has 2 aliphatic heterocycles. The van der Waals surface area contributed by atoms with Crippen LogP contribution in [0.5, 0.6) is 11.5 Å². The highest BCUT2D eigenvalue weighted by atomic mass is 32.2. The number of phenols is 1. The minimum Gasteiger partial charge on any atom is -0.504 e. The molecule has 9 heteroatoms. The summed E-state index contributed by atoms with van der Waals surface area (Å²) in [5, 5.41) is 23.9. The van der Waals surface area contributed by atoms with Gasteiger partial charge in [-0.15, -0.1) is 6.58 Å². The molecule has 3 heterocycles. The van der Waals surface area contributed by atoms with Gasteiger partial charge in [-0.2, -0.15) is 8.42 Å². The molecule has 1 saturated carbocycles. The molecule has 4 aliphatic rings. The topological polar surface area (TPSA) is 109 Å². The second-order valence-corrected chi connectivity index (χ2v) is 11.1. The second kappa shape index (κ2) is 7.45. The lowest BCUT2D eigenvalue weighted by atomic mass is 9.48. The van der Waals surface area contributed by atoms with E-state index in [2.05, 4.69) is 11.5 Å². The third kappa shape index (κ3) is 2.90. The molecule has 2 N–H and O–H groups in total. The van der Waals surface area contributed by atoms with Gasteiger partial charge in [0.1, 0.15) is 12.2 Å². The summed E-state index contributed by atoms with van der Waals surface area (Å²) in [6.45, 7) is 5.23. The van der Waals surface area contributed by atoms with Crippen LogP contribution in [0.4, 0.5) is 0 Å². The quantitative estimate of drug-likeness (QED) is 0.475. The molecule has 34 heavy (non-hydrogen) atoms. The molecule has 1 aromatic carbocycles. The predicted octanol–water partition coefficient (Wildman–Crippen LogP) is 2.71. The summed E-state index contributed by atoms with van der Waals surface area (Å²) in [5.41, 5.74) is 0.439. The maximum atomic E-state index is 12.8. The fraction of sp³-hybridized carbons (Fsp3) is 0.440. The summed E-state index contributed by atoms with van der Waals surface area (Å²) >= 11 is 0. The van der Waals surface area contributed by atoms with Crippen molar-refractivity contribution in [2.45, 2.75) is 54.9 Å². The third-order valence-corrected chi connectivity index (χ3v) is 9.10. The van der Waals surface area contributed by atoms with Crippen molar-refractivity contribution < 1.29 is 32.0 Å². The Kier molecular flexibility index (Phi) is 4.80. The second-order valence-electron chi connectivity index (χ2n) is 9.66. The van der Waals surface area contributed by atoms with Gasteiger partial charge in [0.15, 0.2) is 11.5 Å². The molecular formula is C25H27NO7S. The zero-order valence-electron chi connectivity index (χ0n) is 18.6. The van der Waals surface area contributed by atoms with Gasteiger partial charge in [-0.1, -0.05) is 12.1 Å². The van der Waals surface area contributed by atoms with Crippen LogP contribution in [0.15, 0.2) is 53.2 Å². The summed E-state index contributed by atoms with van der Waals surface area (Å²) < 4.78 is 42.7. The molecule has 2 bridgehead atoms. The molecule has 0 amide bonds. The summed E-state index contributed by atoms with van der Waals surface area (Å²) in [4.78, 5) is 2.24. The first-order valence-corrected chi connectivity index (χ1v) is 13.0. The first-order valence-electron chi connectivity index (χ1n) is 11.5. The van der Waals surface area contributed by atoms with E-state index in [1.54, 1.807) is 12.1 Å². The molecule has 1 aromatic heterocycles. The molecular weight excluding hydrogens is 458 g/mol. The Morgan fingerprint density at radius 2 is 2.15 bits per heavy atom. The number of aromatic hydroxyl groups is 1. The Morgan fingerprint density at radius 1 is 1.29 bits per heavy atom. The number of likely N-dealkylation sites (tertiary alicyclic amines) is 1. The van der Waals surface area contributed by atoms with Gasteiger partial charge < -0.3 is 19.4 Å². The highest BCUT2D eigenvalue weighted by Crippen LogP contribution is 2.65. The number of rotatable bonds is 6. The lowest BCUT2D eigenvalue weighted by Crippen LogP contribution is -2.77. The Morgan fingerprint density at radius 3 is 2.91 bits per heavy atom. The number of phenolic OH excluding ortho intramolecular Hbond substituents is 1. The molecule has 0 radical (unpaired) electrons. The molecule has 2 aromatic rings. The van der Waals surface area contributed by atoms with Gasteiger partial charge >= 0.3 is 0 Å². The SMILES string of the molecule is C=CCN1CC[C@]23c4c5ccc(O)c4OC2C(OS(=O)(=O)C=Cc2ccoc2)CC[C@@]3(O)[C@H]1C5. The van der Waals surface area contributed by atoms with Crippen molar-refractivity contribution in [1.29, 1.82) is 0 Å². The molecule has 180 valence electrons. The fourth-order valence-electron chi connectivity index (χ4n) is 6.80. The Bertz CT molecular complexity index is 1270. The van der Waals surface area contributed by atoms with Gasteiger partial charge in [-0.25, -0.2) is 0 Å². The van der Waals surface area contributed by atoms with Crippen LogP contribution in [0.25, 0.3) is 6.08 Å². The number of aliphatic hydroxyl groups is 1. The smallest absolute Gasteiger partial charge is 0.290 e. The maximum absolute atomic E-state index is 12.8. The Balaban J connectivity index is 1.41. The van der Waals surface area contributed by atoms with E-state index in [9.17, 15) is 18.6 Å². The highest BCUT2D eigenvalue weighted by molar-refractivity contribution is 7.89. The minimum atomic E-state index is -4.04. The van der Waals surface area contributed by atoms with Crippen LogP contribution in [0.3, 0.4) is 0 Å². The summed E-state index contributed by atoms with van der Waals surface area (Å²) in [7, 11) is -4.04. The number of hydrogen-bond acceptors (Lipinski definition) is 8. The van der Waals surface area contributed by atoms with E-state index < -0.39 is 33.3 Å². The molecule has 8 nitrogen and oxygen atoms in total. The van der Waals surface area contributed by atoms with E-state index in [0.717, 1.165) is 16.5 Å². The van der Waals surface area contributed by atoms with Crippen molar-refractivity contribution in [2.24, 2.45) is 0 Å². The predicted molar refractivity (Wildman–Crippen MR) is 124 cm³/mol. The van der Waals surface area contributed by atoms with Gasteiger partial charge in [0, 0.05) is 23.7 Å². The fourth-order valence-corrected chi connectivity index (χ4v) is 7.73. The van der Waals surface area contributed by atoms with Crippen molar-refractivity contribution in [3.8, 4) is 11.5 Å². The van der Waals surface area contributed by atoms with Gasteiger partial charge in [0.25, 0.3) is 10.1 Å². The monoisotopic (exact) mass is 485 g/mol. The molecule has 2 fully saturated rings. The maximum Gasteiger partial charge on any atom is 0.290 e. The third-order valence-electron chi connectivity index (χ3n) is 8.11. The van der Waals surface area contributed by atoms with Crippen LogP contribution in [-0.4, -0.2) is 60.5 Å². The largest absolute Gasteiger partial charge is 0.504 e. The van der Waals surface area contributed by atoms with Crippen LogP contribution in [-0.2, 0) is 26.1 Å². The Hall–Kier alpha value is -2.59. The van der Waals surface area contributed by atoms with Crippen molar-refractivity contribution in [2.75, 3.05) is 13.1 Å². The van der Waals surface area contributed by atoms with Crippen LogP contribution >= 0.6 is 0 Å². The van der Waals surface area contributed by atoms with Crippen LogP contribution < -0.4 is 4.74 Å². The number of benzene rings is 1. The zero-order chi connectivity index (χ0) is 23.7. The first-order chi connectivity index (χ1) is 16.3. The first kappa shape index (κ1) is 21.9.